The molecule has 8 heteroatoms. The highest BCUT2D eigenvalue weighted by molar-refractivity contribution is 5.86. The lowest BCUT2D eigenvalue weighted by molar-refractivity contribution is -0.0891. The van der Waals surface area contributed by atoms with Crippen molar-refractivity contribution in [3.63, 3.8) is 0 Å². The van der Waals surface area contributed by atoms with Crippen LogP contribution in [0.3, 0.4) is 0 Å². The van der Waals surface area contributed by atoms with Crippen LogP contribution in [-0.2, 0) is 4.74 Å². The van der Waals surface area contributed by atoms with Crippen molar-refractivity contribution in [2.75, 3.05) is 12.3 Å². The van der Waals surface area contributed by atoms with Crippen LogP contribution in [0.15, 0.2) is 12.5 Å². The van der Waals surface area contributed by atoms with E-state index < -0.39 is 30.4 Å². The van der Waals surface area contributed by atoms with Crippen molar-refractivity contribution in [2.45, 2.75) is 24.4 Å². The number of ether oxygens (including phenoxy) is 1. The Hall–Kier alpha value is -2.21. The predicted octanol–water partition coefficient (Wildman–Crippen LogP) is -0.203. The molecule has 7 nitrogen and oxygen atoms in total. The maximum atomic E-state index is 14.0. The summed E-state index contributed by atoms with van der Waals surface area (Å²) < 4.78 is 20.9. The van der Waals surface area contributed by atoms with E-state index in [1.807, 2.05) is 0 Å². The summed E-state index contributed by atoms with van der Waals surface area (Å²) in [6, 6.07) is 0. The molecule has 4 N–H and O–H groups in total. The second-order valence-corrected chi connectivity index (χ2v) is 4.86. The Morgan fingerprint density at radius 2 is 2.38 bits per heavy atom. The van der Waals surface area contributed by atoms with Crippen LogP contribution in [0.1, 0.15) is 12.6 Å². The van der Waals surface area contributed by atoms with Gasteiger partial charge >= 0.3 is 0 Å². The first-order valence-electron chi connectivity index (χ1n) is 6.23. The highest BCUT2D eigenvalue weighted by atomic mass is 19.1. The summed E-state index contributed by atoms with van der Waals surface area (Å²) in [5.74, 6) is 1.68. The molecule has 0 radical (unpaired) electrons. The molecule has 2 aromatic heterocycles. The van der Waals surface area contributed by atoms with E-state index in [-0.39, 0.29) is 23.3 Å². The minimum absolute atomic E-state index is 0.0140. The number of nitrogen functional groups attached to an aromatic ring is 1. The van der Waals surface area contributed by atoms with Gasteiger partial charge in [-0.25, -0.2) is 14.4 Å². The van der Waals surface area contributed by atoms with E-state index in [1.165, 1.54) is 10.9 Å². The van der Waals surface area contributed by atoms with Crippen LogP contribution < -0.4 is 5.73 Å². The predicted molar refractivity (Wildman–Crippen MR) is 71.3 cm³/mol. The number of terminal acetylenes is 1. The van der Waals surface area contributed by atoms with Crippen LogP contribution in [0.4, 0.5) is 10.2 Å². The molecule has 1 aliphatic heterocycles. The lowest BCUT2D eigenvalue weighted by Gasteiger charge is -2.23. The summed E-state index contributed by atoms with van der Waals surface area (Å²) in [6.45, 7) is -0.542. The average molecular weight is 292 g/mol. The Morgan fingerprint density at radius 1 is 1.62 bits per heavy atom. The molecule has 1 fully saturated rings. The van der Waals surface area contributed by atoms with Crippen molar-refractivity contribution in [3.05, 3.63) is 18.3 Å². The Kier molecular flexibility index (Phi) is 3.06. The van der Waals surface area contributed by atoms with E-state index in [0.717, 1.165) is 6.20 Å². The van der Waals surface area contributed by atoms with Gasteiger partial charge in [0.1, 0.15) is 24.5 Å². The van der Waals surface area contributed by atoms with E-state index in [2.05, 4.69) is 15.9 Å². The molecule has 21 heavy (non-hydrogen) atoms. The Bertz CT molecular complexity index is 741. The Labute approximate surface area is 119 Å². The van der Waals surface area contributed by atoms with Crippen LogP contribution in [0, 0.1) is 18.2 Å². The fourth-order valence-electron chi connectivity index (χ4n) is 2.52. The largest absolute Gasteiger partial charge is 0.392 e. The van der Waals surface area contributed by atoms with E-state index in [0.29, 0.717) is 0 Å². The van der Waals surface area contributed by atoms with Crippen molar-refractivity contribution < 1.29 is 19.3 Å². The standard InChI is InChI=1S/C13H13FN4O3/c1-2-13(5-19)8(20)3-9(21-13)18-4-7(14)10-11(15)16-6-17-12(10)18/h1,4,6,8-9,19-20H,3,5H2,(H2,15,16,17)/t8-,9+,13+/m0/s1. The molecule has 110 valence electrons. The molecule has 2 aromatic rings. The van der Waals surface area contributed by atoms with Crippen LogP contribution in [0.25, 0.3) is 11.0 Å². The number of nitrogens with zero attached hydrogens (tertiary/aromatic N) is 3. The third kappa shape index (κ3) is 1.86. The quantitative estimate of drug-likeness (QED) is 0.662. The zero-order valence-electron chi connectivity index (χ0n) is 10.9. The molecule has 3 rings (SSSR count). The number of hydrogen-bond donors (Lipinski definition) is 3. The minimum Gasteiger partial charge on any atom is -0.392 e. The molecule has 0 aromatic carbocycles. The van der Waals surface area contributed by atoms with Gasteiger partial charge in [-0.2, -0.15) is 0 Å². The third-order valence-electron chi connectivity index (χ3n) is 3.69. The monoisotopic (exact) mass is 292 g/mol. The average Bonchev–Trinajstić information content (AvgIpc) is 2.98. The fraction of sp³-hybridized carbons (Fsp3) is 0.385. The molecular formula is C13H13FN4O3. The van der Waals surface area contributed by atoms with Gasteiger partial charge in [-0.3, -0.25) is 0 Å². The smallest absolute Gasteiger partial charge is 0.179 e. The normalized spacial score (nSPS) is 28.9. The lowest BCUT2D eigenvalue weighted by atomic mass is 9.99. The third-order valence-corrected chi connectivity index (χ3v) is 3.69. The van der Waals surface area contributed by atoms with Crippen molar-refractivity contribution in [1.29, 1.82) is 0 Å². The lowest BCUT2D eigenvalue weighted by Crippen LogP contribution is -2.41. The van der Waals surface area contributed by atoms with Crippen LogP contribution >= 0.6 is 0 Å². The number of aliphatic hydroxyl groups is 2. The van der Waals surface area contributed by atoms with Gasteiger partial charge in [-0.1, -0.05) is 5.92 Å². The van der Waals surface area contributed by atoms with Crippen LogP contribution in [0.5, 0.6) is 0 Å². The van der Waals surface area contributed by atoms with Gasteiger partial charge in [0, 0.05) is 12.6 Å². The van der Waals surface area contributed by atoms with Crippen molar-refractivity contribution in [3.8, 4) is 12.3 Å². The maximum absolute atomic E-state index is 14.0. The van der Waals surface area contributed by atoms with Crippen molar-refractivity contribution in [2.24, 2.45) is 0 Å². The SMILES string of the molecule is C#C[C@]1(CO)O[C@@H](n2cc(F)c3c(N)ncnc32)C[C@@H]1O. The van der Waals surface area contributed by atoms with Gasteiger partial charge < -0.3 is 25.3 Å². The highest BCUT2D eigenvalue weighted by Gasteiger charge is 2.47. The van der Waals surface area contributed by atoms with E-state index in [9.17, 15) is 14.6 Å². The van der Waals surface area contributed by atoms with Crippen LogP contribution in [-0.4, -0.2) is 43.1 Å². The molecule has 0 saturated carbocycles. The first-order valence-corrected chi connectivity index (χ1v) is 6.23. The summed E-state index contributed by atoms with van der Waals surface area (Å²) in [4.78, 5) is 7.72. The minimum atomic E-state index is -1.50. The van der Waals surface area contributed by atoms with Crippen molar-refractivity contribution >= 4 is 16.9 Å². The molecule has 3 heterocycles. The van der Waals surface area contributed by atoms with Crippen LogP contribution in [0.2, 0.25) is 0 Å². The second kappa shape index (κ2) is 4.66. The first kappa shape index (κ1) is 13.8. The van der Waals surface area contributed by atoms with E-state index in [4.69, 9.17) is 16.9 Å². The molecule has 0 aliphatic carbocycles. The summed E-state index contributed by atoms with van der Waals surface area (Å²) in [5.41, 5.74) is 4.37. The molecule has 3 atom stereocenters. The van der Waals surface area contributed by atoms with Gasteiger partial charge in [0.15, 0.2) is 17.1 Å². The second-order valence-electron chi connectivity index (χ2n) is 4.86. The van der Waals surface area contributed by atoms with Crippen molar-refractivity contribution in [1.82, 2.24) is 14.5 Å². The number of halogens is 1. The first-order chi connectivity index (χ1) is 10.0. The number of aliphatic hydroxyl groups excluding tert-OH is 2. The number of rotatable bonds is 2. The summed E-state index contributed by atoms with van der Waals surface area (Å²) in [5, 5.41) is 19.5. The summed E-state index contributed by atoms with van der Waals surface area (Å²) >= 11 is 0. The van der Waals surface area contributed by atoms with Gasteiger partial charge in [0.05, 0.1) is 12.0 Å². The molecule has 1 aliphatic rings. The summed E-state index contributed by atoms with van der Waals surface area (Å²) in [7, 11) is 0. The number of anilines is 1. The number of hydrogen-bond acceptors (Lipinski definition) is 6. The number of aromatic nitrogens is 3. The topological polar surface area (TPSA) is 106 Å². The molecule has 0 bridgehead atoms. The van der Waals surface area contributed by atoms with E-state index in [1.54, 1.807) is 0 Å². The van der Waals surface area contributed by atoms with Gasteiger partial charge in [-0.05, 0) is 0 Å². The Morgan fingerprint density at radius 3 is 3.00 bits per heavy atom. The molecular weight excluding hydrogens is 279 g/mol. The van der Waals surface area contributed by atoms with E-state index >= 15 is 0 Å². The zero-order valence-corrected chi connectivity index (χ0v) is 10.9. The molecule has 0 amide bonds. The van der Waals surface area contributed by atoms with Gasteiger partial charge in [0.2, 0.25) is 0 Å². The number of fused-ring (bicyclic) bond motifs is 1. The molecule has 0 spiro atoms. The number of nitrogens with two attached hydrogens (primary N) is 1. The summed E-state index contributed by atoms with van der Waals surface area (Å²) in [6.07, 6.45) is 5.96. The molecule has 1 saturated heterocycles. The molecule has 0 unspecified atom stereocenters. The fourth-order valence-corrected chi connectivity index (χ4v) is 2.52. The highest BCUT2D eigenvalue weighted by Crippen LogP contribution is 2.38. The zero-order chi connectivity index (χ0) is 15.2. The maximum Gasteiger partial charge on any atom is 0.179 e. The van der Waals surface area contributed by atoms with Gasteiger partial charge in [-0.15, -0.1) is 6.42 Å². The Balaban J connectivity index is 2.08. The van der Waals surface area contributed by atoms with Gasteiger partial charge in [0.25, 0.3) is 0 Å².